The highest BCUT2D eigenvalue weighted by Gasteiger charge is 2.23. The number of hydrogen-bond acceptors (Lipinski definition) is 7. The molecule has 1 aromatic heterocycles. The van der Waals surface area contributed by atoms with Crippen LogP contribution in [-0.4, -0.2) is 44.6 Å². The fourth-order valence-corrected chi connectivity index (χ4v) is 3.75. The van der Waals surface area contributed by atoms with E-state index in [9.17, 15) is 18.8 Å². The molecule has 0 aliphatic carbocycles. The second-order valence-electron chi connectivity index (χ2n) is 7.99. The molecule has 0 saturated heterocycles. The summed E-state index contributed by atoms with van der Waals surface area (Å²) in [6.07, 6.45) is 3.47. The number of halogens is 2. The van der Waals surface area contributed by atoms with Gasteiger partial charge < -0.3 is 15.4 Å². The van der Waals surface area contributed by atoms with E-state index in [1.54, 1.807) is 49.4 Å². The van der Waals surface area contributed by atoms with Gasteiger partial charge in [0.15, 0.2) is 12.1 Å². The molecule has 198 valence electrons. The van der Waals surface area contributed by atoms with Crippen molar-refractivity contribution in [1.29, 1.82) is 0 Å². The zero-order valence-electron chi connectivity index (χ0n) is 20.5. The zero-order valence-corrected chi connectivity index (χ0v) is 21.3. The summed E-state index contributed by atoms with van der Waals surface area (Å²) in [6.45, 7) is 1.95. The Morgan fingerprint density at radius 3 is 2.49 bits per heavy atom. The van der Waals surface area contributed by atoms with Crippen LogP contribution in [0.5, 0.6) is 0 Å². The number of carbonyl (C=O) groups excluding carboxylic acids is 3. The first-order valence-electron chi connectivity index (χ1n) is 11.7. The van der Waals surface area contributed by atoms with Gasteiger partial charge in [0.05, 0.1) is 22.9 Å². The van der Waals surface area contributed by atoms with Gasteiger partial charge in [-0.25, -0.2) is 9.18 Å². The fourth-order valence-electron chi connectivity index (χ4n) is 3.58. The quantitative estimate of drug-likeness (QED) is 0.237. The van der Waals surface area contributed by atoms with Gasteiger partial charge >= 0.3 is 5.97 Å². The molecule has 0 unspecified atom stereocenters. The van der Waals surface area contributed by atoms with Gasteiger partial charge in [-0.2, -0.15) is 0 Å². The number of nitrogens with zero attached hydrogens (tertiary/aromatic N) is 4. The SMILES string of the molecule is CCOC(=O)c1ccc(NC(=O)[C@@H](NC(=O)/C=C/c2c(-n3ncnn3)ccc(Cl)c2F)c2ccccc2)cc1. The van der Waals surface area contributed by atoms with E-state index in [2.05, 4.69) is 26.0 Å². The maximum Gasteiger partial charge on any atom is 0.338 e. The molecular formula is C27H22ClFN6O4. The lowest BCUT2D eigenvalue weighted by Gasteiger charge is -2.18. The average Bonchev–Trinajstić information content (AvgIpc) is 3.48. The number of hydrogen-bond donors (Lipinski definition) is 2. The van der Waals surface area contributed by atoms with Crippen molar-refractivity contribution in [2.45, 2.75) is 13.0 Å². The van der Waals surface area contributed by atoms with E-state index in [0.717, 1.165) is 10.9 Å². The van der Waals surface area contributed by atoms with Gasteiger partial charge in [-0.1, -0.05) is 41.9 Å². The number of anilines is 1. The number of nitrogens with one attached hydrogen (secondary N) is 2. The minimum Gasteiger partial charge on any atom is -0.462 e. The van der Waals surface area contributed by atoms with Crippen LogP contribution >= 0.6 is 11.6 Å². The van der Waals surface area contributed by atoms with Gasteiger partial charge in [-0.3, -0.25) is 9.59 Å². The Bertz CT molecular complexity index is 1490. The minimum atomic E-state index is -1.09. The van der Waals surface area contributed by atoms with Gasteiger partial charge in [-0.15, -0.1) is 15.0 Å². The molecule has 0 saturated carbocycles. The van der Waals surface area contributed by atoms with Crippen LogP contribution in [-0.2, 0) is 14.3 Å². The summed E-state index contributed by atoms with van der Waals surface area (Å²) >= 11 is 5.93. The Balaban J connectivity index is 1.54. The molecule has 39 heavy (non-hydrogen) atoms. The van der Waals surface area contributed by atoms with Gasteiger partial charge in [0, 0.05) is 17.3 Å². The number of esters is 1. The predicted molar refractivity (Wildman–Crippen MR) is 142 cm³/mol. The van der Waals surface area contributed by atoms with Crippen LogP contribution in [0.4, 0.5) is 10.1 Å². The highest BCUT2D eigenvalue weighted by atomic mass is 35.5. The molecule has 0 fully saturated rings. The standard InChI is InChI=1S/C27H22ClFN6O4/c1-2-39-27(38)18-8-10-19(11-9-18)32-26(37)25(17-6-4-3-5-7-17)33-23(36)15-12-20-22(35-31-16-30-34-35)14-13-21(28)24(20)29/h3-16,25H,2H2,1H3,(H,32,37)(H,33,36)/b15-12+/t25-/m0/s1. The van der Waals surface area contributed by atoms with Gasteiger partial charge in [0.25, 0.3) is 5.91 Å². The number of aromatic nitrogens is 4. The summed E-state index contributed by atoms with van der Waals surface area (Å²) in [5.74, 6) is -2.46. The van der Waals surface area contributed by atoms with E-state index >= 15 is 0 Å². The third kappa shape index (κ3) is 6.70. The number of tetrazole rings is 1. The van der Waals surface area contributed by atoms with Crippen molar-refractivity contribution < 1.29 is 23.5 Å². The van der Waals surface area contributed by atoms with Crippen LogP contribution in [0.2, 0.25) is 5.02 Å². The van der Waals surface area contributed by atoms with E-state index in [4.69, 9.17) is 16.3 Å². The molecule has 0 aliphatic heterocycles. The summed E-state index contributed by atoms with van der Waals surface area (Å²) < 4.78 is 19.8. The molecule has 1 heterocycles. The summed E-state index contributed by atoms with van der Waals surface area (Å²) in [5.41, 5.74) is 1.42. The van der Waals surface area contributed by atoms with Crippen LogP contribution in [0.1, 0.15) is 34.5 Å². The lowest BCUT2D eigenvalue weighted by atomic mass is 10.1. The maximum atomic E-state index is 14.8. The Morgan fingerprint density at radius 1 is 1.08 bits per heavy atom. The van der Waals surface area contributed by atoms with Crippen molar-refractivity contribution in [3.8, 4) is 5.69 Å². The van der Waals surface area contributed by atoms with Crippen molar-refractivity contribution in [2.24, 2.45) is 0 Å². The smallest absolute Gasteiger partial charge is 0.338 e. The number of carbonyl (C=O) groups is 3. The van der Waals surface area contributed by atoms with E-state index in [1.165, 1.54) is 36.7 Å². The highest BCUT2D eigenvalue weighted by Crippen LogP contribution is 2.25. The molecule has 3 aromatic carbocycles. The van der Waals surface area contributed by atoms with Gasteiger partial charge in [0.2, 0.25) is 5.91 Å². The largest absolute Gasteiger partial charge is 0.462 e. The van der Waals surface area contributed by atoms with Crippen molar-refractivity contribution in [2.75, 3.05) is 11.9 Å². The highest BCUT2D eigenvalue weighted by molar-refractivity contribution is 6.31. The topological polar surface area (TPSA) is 128 Å². The van der Waals surface area contributed by atoms with E-state index in [-0.39, 0.29) is 22.9 Å². The van der Waals surface area contributed by atoms with Crippen molar-refractivity contribution in [1.82, 2.24) is 25.5 Å². The Morgan fingerprint density at radius 2 is 1.82 bits per heavy atom. The Kier molecular flexibility index (Phi) is 8.75. The summed E-state index contributed by atoms with van der Waals surface area (Å²) in [6, 6.07) is 16.5. The number of rotatable bonds is 9. The van der Waals surface area contributed by atoms with Crippen molar-refractivity contribution in [3.05, 3.63) is 107 Å². The molecule has 4 rings (SSSR count). The zero-order chi connectivity index (χ0) is 27.8. The number of benzene rings is 3. The minimum absolute atomic E-state index is 0.0435. The monoisotopic (exact) mass is 548 g/mol. The summed E-state index contributed by atoms with van der Waals surface area (Å²) in [7, 11) is 0. The molecule has 4 aromatic rings. The third-order valence-electron chi connectivity index (χ3n) is 5.42. The molecule has 1 atom stereocenters. The maximum absolute atomic E-state index is 14.8. The first kappa shape index (κ1) is 27.1. The van der Waals surface area contributed by atoms with Crippen LogP contribution in [0, 0.1) is 5.82 Å². The molecule has 0 spiro atoms. The molecule has 10 nitrogen and oxygen atoms in total. The normalized spacial score (nSPS) is 11.7. The van der Waals surface area contributed by atoms with Crippen LogP contribution in [0.15, 0.2) is 79.1 Å². The van der Waals surface area contributed by atoms with Crippen LogP contribution in [0.25, 0.3) is 11.8 Å². The predicted octanol–water partition coefficient (Wildman–Crippen LogP) is 4.14. The molecular weight excluding hydrogens is 527 g/mol. The van der Waals surface area contributed by atoms with Gasteiger partial charge in [-0.05, 0) is 60.2 Å². The number of ether oxygens (including phenoxy) is 1. The lowest BCUT2D eigenvalue weighted by molar-refractivity contribution is -0.123. The van der Waals surface area contributed by atoms with E-state index in [1.807, 2.05) is 0 Å². The summed E-state index contributed by atoms with van der Waals surface area (Å²) in [4.78, 5) is 39.1. The van der Waals surface area contributed by atoms with Crippen molar-refractivity contribution in [3.63, 3.8) is 0 Å². The molecule has 0 aliphatic rings. The van der Waals surface area contributed by atoms with Crippen LogP contribution in [0.3, 0.4) is 0 Å². The molecule has 12 heteroatoms. The molecule has 2 amide bonds. The summed E-state index contributed by atoms with van der Waals surface area (Å²) in [5, 5.41) is 16.5. The number of amides is 2. The van der Waals surface area contributed by atoms with E-state index in [0.29, 0.717) is 16.8 Å². The first-order chi connectivity index (χ1) is 18.9. The first-order valence-corrected chi connectivity index (χ1v) is 12.1. The van der Waals surface area contributed by atoms with Crippen molar-refractivity contribution >= 4 is 41.1 Å². The second-order valence-corrected chi connectivity index (χ2v) is 8.40. The Labute approximate surface area is 227 Å². The fraction of sp³-hybridized carbons (Fsp3) is 0.111. The average molecular weight is 549 g/mol. The second kappa shape index (κ2) is 12.6. The lowest BCUT2D eigenvalue weighted by Crippen LogP contribution is -2.36. The van der Waals surface area contributed by atoms with Gasteiger partial charge in [0.1, 0.15) is 6.04 Å². The van der Waals surface area contributed by atoms with E-state index < -0.39 is 29.6 Å². The van der Waals surface area contributed by atoms with Crippen LogP contribution < -0.4 is 10.6 Å². The molecule has 0 radical (unpaired) electrons. The Hall–Kier alpha value is -4.90. The molecule has 0 bridgehead atoms. The molecule has 2 N–H and O–H groups in total. The third-order valence-corrected chi connectivity index (χ3v) is 5.71.